The van der Waals surface area contributed by atoms with Gasteiger partial charge in [-0.2, -0.15) is 5.26 Å². The van der Waals surface area contributed by atoms with Gasteiger partial charge in [-0.3, -0.25) is 0 Å². The summed E-state index contributed by atoms with van der Waals surface area (Å²) in [4.78, 5) is 0. The summed E-state index contributed by atoms with van der Waals surface area (Å²) in [6.45, 7) is 1.62. The molecule has 4 N–H and O–H groups in total. The summed E-state index contributed by atoms with van der Waals surface area (Å²) in [5, 5.41) is 39.8. The van der Waals surface area contributed by atoms with Crippen molar-refractivity contribution in [3.05, 3.63) is 35.4 Å². The van der Waals surface area contributed by atoms with E-state index in [1.807, 2.05) is 6.07 Å². The monoisotopic (exact) mass is 250 g/mol. The van der Waals surface area contributed by atoms with Crippen LogP contribution in [0.5, 0.6) is 0 Å². The van der Waals surface area contributed by atoms with Gasteiger partial charge in [0.15, 0.2) is 0 Å². The highest BCUT2D eigenvalue weighted by atomic mass is 16.3. The Hall–Kier alpha value is -1.45. The van der Waals surface area contributed by atoms with Crippen molar-refractivity contribution in [2.24, 2.45) is 0 Å². The van der Waals surface area contributed by atoms with Crippen LogP contribution in [0.1, 0.15) is 24.2 Å². The van der Waals surface area contributed by atoms with Crippen molar-refractivity contribution in [1.82, 2.24) is 5.32 Å². The van der Waals surface area contributed by atoms with E-state index in [1.165, 1.54) is 6.92 Å². The second kappa shape index (κ2) is 6.47. The maximum atomic E-state index is 9.86. The maximum absolute atomic E-state index is 9.86. The number of benzene rings is 1. The molecule has 18 heavy (non-hydrogen) atoms. The zero-order chi connectivity index (χ0) is 13.6. The zero-order valence-corrected chi connectivity index (χ0v) is 10.3. The number of aliphatic hydroxyl groups is 3. The molecule has 1 aromatic rings. The first-order valence-corrected chi connectivity index (χ1v) is 5.70. The lowest BCUT2D eigenvalue weighted by atomic mass is 10.1. The molecule has 98 valence electrons. The highest BCUT2D eigenvalue weighted by molar-refractivity contribution is 5.32. The van der Waals surface area contributed by atoms with Crippen LogP contribution in [0.15, 0.2) is 24.3 Å². The fourth-order valence-electron chi connectivity index (χ4n) is 1.43. The Morgan fingerprint density at radius 2 is 2.00 bits per heavy atom. The Balaban J connectivity index is 2.45. The van der Waals surface area contributed by atoms with Crippen molar-refractivity contribution < 1.29 is 15.3 Å². The molecule has 0 spiro atoms. The molecule has 0 heterocycles. The molecule has 0 bridgehead atoms. The normalized spacial score (nSPS) is 15.7. The van der Waals surface area contributed by atoms with Gasteiger partial charge in [0.05, 0.1) is 29.9 Å². The molecule has 1 aromatic carbocycles. The lowest BCUT2D eigenvalue weighted by Crippen LogP contribution is -2.42. The molecule has 2 atom stereocenters. The van der Waals surface area contributed by atoms with Crippen molar-refractivity contribution in [2.45, 2.75) is 18.6 Å². The summed E-state index contributed by atoms with van der Waals surface area (Å²) in [6, 6.07) is 8.67. The number of hydrogen-bond donors (Lipinski definition) is 4. The second-order valence-corrected chi connectivity index (χ2v) is 4.54. The van der Waals surface area contributed by atoms with E-state index in [4.69, 9.17) is 10.4 Å². The van der Waals surface area contributed by atoms with Crippen molar-refractivity contribution >= 4 is 0 Å². The quantitative estimate of drug-likeness (QED) is 0.566. The van der Waals surface area contributed by atoms with Gasteiger partial charge >= 0.3 is 0 Å². The second-order valence-electron chi connectivity index (χ2n) is 4.54. The summed E-state index contributed by atoms with van der Waals surface area (Å²) in [7, 11) is 0. The van der Waals surface area contributed by atoms with E-state index in [0.29, 0.717) is 11.1 Å². The van der Waals surface area contributed by atoms with E-state index in [1.54, 1.807) is 24.3 Å². The topological polar surface area (TPSA) is 96.5 Å². The smallest absolute Gasteiger partial charge is 0.0991 e. The molecule has 5 nitrogen and oxygen atoms in total. The first kappa shape index (κ1) is 14.6. The van der Waals surface area contributed by atoms with E-state index in [-0.39, 0.29) is 19.7 Å². The van der Waals surface area contributed by atoms with Gasteiger partial charge in [-0.05, 0) is 24.6 Å². The fourth-order valence-corrected chi connectivity index (χ4v) is 1.43. The Bertz CT molecular complexity index is 409. The average molecular weight is 250 g/mol. The van der Waals surface area contributed by atoms with Gasteiger partial charge in [0.2, 0.25) is 0 Å². The van der Waals surface area contributed by atoms with E-state index in [0.717, 1.165) is 0 Å². The summed E-state index contributed by atoms with van der Waals surface area (Å²) < 4.78 is 0. The molecular weight excluding hydrogens is 232 g/mol. The van der Waals surface area contributed by atoms with Crippen LogP contribution in [-0.4, -0.2) is 40.6 Å². The number of nitrogens with one attached hydrogen (secondary N) is 1. The number of hydrogen-bond acceptors (Lipinski definition) is 5. The molecule has 0 aromatic heterocycles. The van der Waals surface area contributed by atoms with Crippen LogP contribution in [0, 0.1) is 11.3 Å². The molecule has 0 aliphatic heterocycles. The SMILES string of the molecule is CC(O)(CO)CNCC(O)c1ccc(C#N)cc1. The van der Waals surface area contributed by atoms with Crippen LogP contribution in [0.2, 0.25) is 0 Å². The summed E-state index contributed by atoms with van der Waals surface area (Å²) in [5.41, 5.74) is 0.0527. The van der Waals surface area contributed by atoms with E-state index in [2.05, 4.69) is 5.32 Å². The third-order valence-electron chi connectivity index (χ3n) is 2.61. The van der Waals surface area contributed by atoms with Crippen LogP contribution in [0.4, 0.5) is 0 Å². The van der Waals surface area contributed by atoms with Crippen molar-refractivity contribution in [2.75, 3.05) is 19.7 Å². The minimum atomic E-state index is -1.19. The minimum Gasteiger partial charge on any atom is -0.393 e. The first-order chi connectivity index (χ1) is 8.48. The predicted molar refractivity (Wildman–Crippen MR) is 66.7 cm³/mol. The molecule has 0 amide bonds. The minimum absolute atomic E-state index is 0.191. The van der Waals surface area contributed by atoms with E-state index in [9.17, 15) is 10.2 Å². The molecule has 0 saturated carbocycles. The third kappa shape index (κ3) is 4.43. The average Bonchev–Trinajstić information content (AvgIpc) is 2.38. The maximum Gasteiger partial charge on any atom is 0.0991 e. The number of aliphatic hydroxyl groups excluding tert-OH is 2. The van der Waals surface area contributed by atoms with E-state index >= 15 is 0 Å². The van der Waals surface area contributed by atoms with Gasteiger partial charge < -0.3 is 20.6 Å². The first-order valence-electron chi connectivity index (χ1n) is 5.70. The van der Waals surface area contributed by atoms with Gasteiger partial charge in [-0.15, -0.1) is 0 Å². The van der Waals surface area contributed by atoms with Gasteiger partial charge in [0.1, 0.15) is 0 Å². The molecule has 0 saturated heterocycles. The standard InChI is InChI=1S/C13H18N2O3/c1-13(18,9-16)8-15-7-12(17)11-4-2-10(6-14)3-5-11/h2-5,12,15-18H,7-9H2,1H3. The third-order valence-corrected chi connectivity index (χ3v) is 2.61. The predicted octanol–water partition coefficient (Wildman–Crippen LogP) is -0.0754. The van der Waals surface area contributed by atoms with Crippen LogP contribution in [0.3, 0.4) is 0 Å². The molecular formula is C13H18N2O3. The number of rotatable bonds is 6. The molecule has 2 unspecified atom stereocenters. The van der Waals surface area contributed by atoms with Crippen LogP contribution < -0.4 is 5.32 Å². The molecule has 0 aliphatic rings. The summed E-state index contributed by atoms with van der Waals surface area (Å²) in [6.07, 6.45) is -0.716. The lowest BCUT2D eigenvalue weighted by Gasteiger charge is -2.22. The Morgan fingerprint density at radius 1 is 1.39 bits per heavy atom. The Morgan fingerprint density at radius 3 is 2.50 bits per heavy atom. The van der Waals surface area contributed by atoms with Crippen LogP contribution in [-0.2, 0) is 0 Å². The molecule has 1 rings (SSSR count). The van der Waals surface area contributed by atoms with E-state index < -0.39 is 11.7 Å². The number of nitrogens with zero attached hydrogens (tertiary/aromatic N) is 1. The Kier molecular flexibility index (Phi) is 5.25. The van der Waals surface area contributed by atoms with Crippen molar-refractivity contribution in [3.8, 4) is 6.07 Å². The highest BCUT2D eigenvalue weighted by Crippen LogP contribution is 2.13. The Labute approximate surface area is 106 Å². The lowest BCUT2D eigenvalue weighted by molar-refractivity contribution is 0.000729. The molecule has 0 fully saturated rings. The molecule has 5 heteroatoms. The largest absolute Gasteiger partial charge is 0.393 e. The highest BCUT2D eigenvalue weighted by Gasteiger charge is 2.18. The van der Waals surface area contributed by atoms with Crippen LogP contribution in [0.25, 0.3) is 0 Å². The number of nitriles is 1. The van der Waals surface area contributed by atoms with Gasteiger partial charge in [0.25, 0.3) is 0 Å². The van der Waals surface area contributed by atoms with Crippen LogP contribution >= 0.6 is 0 Å². The van der Waals surface area contributed by atoms with Gasteiger partial charge in [0, 0.05) is 13.1 Å². The molecule has 0 aliphatic carbocycles. The van der Waals surface area contributed by atoms with Crippen molar-refractivity contribution in [3.63, 3.8) is 0 Å². The van der Waals surface area contributed by atoms with Gasteiger partial charge in [-0.1, -0.05) is 12.1 Å². The van der Waals surface area contributed by atoms with Gasteiger partial charge in [-0.25, -0.2) is 0 Å². The zero-order valence-electron chi connectivity index (χ0n) is 10.3. The fraction of sp³-hybridized carbons (Fsp3) is 0.462. The molecule has 0 radical (unpaired) electrons. The van der Waals surface area contributed by atoms with Crippen molar-refractivity contribution in [1.29, 1.82) is 5.26 Å². The summed E-state index contributed by atoms with van der Waals surface area (Å²) >= 11 is 0. The summed E-state index contributed by atoms with van der Waals surface area (Å²) in [5.74, 6) is 0.